The Morgan fingerprint density at radius 3 is 2.63 bits per heavy atom. The molecule has 5 nitrogen and oxygen atoms in total. The van der Waals surface area contributed by atoms with Gasteiger partial charge in [0.2, 0.25) is 0 Å². The second-order valence-corrected chi connectivity index (χ2v) is 4.72. The minimum absolute atomic E-state index is 0.0167. The van der Waals surface area contributed by atoms with Gasteiger partial charge in [0.15, 0.2) is 23.1 Å². The van der Waals surface area contributed by atoms with E-state index in [0.29, 0.717) is 0 Å². The molecule has 1 aliphatic carbocycles. The first-order chi connectivity index (χ1) is 8.95. The van der Waals surface area contributed by atoms with Crippen LogP contribution in [-0.4, -0.2) is 28.4 Å². The second kappa shape index (κ2) is 4.95. The average Bonchev–Trinajstić information content (AvgIpc) is 3.16. The molecule has 1 unspecified atom stereocenters. The molecule has 0 amide bonds. The molecule has 1 aliphatic rings. The Labute approximate surface area is 109 Å². The molecule has 0 radical (unpaired) electrons. The summed E-state index contributed by atoms with van der Waals surface area (Å²) in [5, 5.41) is 28.3. The highest BCUT2D eigenvalue weighted by molar-refractivity contribution is 5.69. The molecule has 19 heavy (non-hydrogen) atoms. The van der Waals surface area contributed by atoms with E-state index >= 15 is 0 Å². The first kappa shape index (κ1) is 13.5. The van der Waals surface area contributed by atoms with Crippen LogP contribution in [0.15, 0.2) is 6.07 Å². The van der Waals surface area contributed by atoms with Crippen molar-refractivity contribution in [2.45, 2.75) is 25.2 Å². The molecule has 1 fully saturated rings. The number of halogens is 1. The van der Waals surface area contributed by atoms with Gasteiger partial charge in [0, 0.05) is 17.5 Å². The molecule has 1 aromatic carbocycles. The molecule has 0 spiro atoms. The lowest BCUT2D eigenvalue weighted by molar-refractivity contribution is -0.137. The van der Waals surface area contributed by atoms with E-state index in [-0.39, 0.29) is 23.7 Å². The lowest BCUT2D eigenvalue weighted by atomic mass is 9.89. The summed E-state index contributed by atoms with van der Waals surface area (Å²) in [4.78, 5) is 10.9. The van der Waals surface area contributed by atoms with Crippen LogP contribution in [0.4, 0.5) is 4.39 Å². The van der Waals surface area contributed by atoms with Crippen LogP contribution in [-0.2, 0) is 4.79 Å². The standard InChI is InChI=1S/C13H15FO5/c1-19-9-5-8(15)13(18)11(12(9)14)7(4-10(16)17)6-2-3-6/h5-7,15,18H,2-4H2,1H3,(H,16,17). The largest absolute Gasteiger partial charge is 0.504 e. The van der Waals surface area contributed by atoms with E-state index in [1.54, 1.807) is 0 Å². The smallest absolute Gasteiger partial charge is 0.303 e. The van der Waals surface area contributed by atoms with Gasteiger partial charge in [-0.1, -0.05) is 0 Å². The highest BCUT2D eigenvalue weighted by atomic mass is 19.1. The van der Waals surface area contributed by atoms with Gasteiger partial charge in [0.05, 0.1) is 13.5 Å². The maximum atomic E-state index is 14.2. The van der Waals surface area contributed by atoms with Crippen LogP contribution in [0.2, 0.25) is 0 Å². The third kappa shape index (κ3) is 2.57. The number of methoxy groups -OCH3 is 1. The molecule has 3 N–H and O–H groups in total. The topological polar surface area (TPSA) is 87.0 Å². The third-order valence-corrected chi connectivity index (χ3v) is 3.39. The number of carbonyl (C=O) groups is 1. The van der Waals surface area contributed by atoms with Gasteiger partial charge in [0.1, 0.15) is 0 Å². The maximum absolute atomic E-state index is 14.2. The quantitative estimate of drug-likeness (QED) is 0.714. The van der Waals surface area contributed by atoms with Gasteiger partial charge in [-0.15, -0.1) is 0 Å². The number of aliphatic carboxylic acids is 1. The Kier molecular flexibility index (Phi) is 3.50. The van der Waals surface area contributed by atoms with Gasteiger partial charge in [-0.25, -0.2) is 4.39 Å². The zero-order valence-corrected chi connectivity index (χ0v) is 10.4. The van der Waals surface area contributed by atoms with Gasteiger partial charge in [0.25, 0.3) is 0 Å². The summed E-state index contributed by atoms with van der Waals surface area (Å²) in [5.74, 6) is -3.84. The number of rotatable bonds is 5. The zero-order chi connectivity index (χ0) is 14.2. The van der Waals surface area contributed by atoms with Gasteiger partial charge in [-0.3, -0.25) is 4.79 Å². The SMILES string of the molecule is COc1cc(O)c(O)c(C(CC(=O)O)C2CC2)c1F. The molecule has 0 aromatic heterocycles. The van der Waals surface area contributed by atoms with Crippen LogP contribution in [0.3, 0.4) is 0 Å². The number of ether oxygens (including phenoxy) is 1. The Morgan fingerprint density at radius 2 is 2.16 bits per heavy atom. The van der Waals surface area contributed by atoms with Crippen LogP contribution >= 0.6 is 0 Å². The molecule has 0 aliphatic heterocycles. The van der Waals surface area contributed by atoms with Crippen molar-refractivity contribution in [3.05, 3.63) is 17.4 Å². The molecule has 2 rings (SSSR count). The average molecular weight is 270 g/mol. The van der Waals surface area contributed by atoms with E-state index < -0.39 is 29.2 Å². The minimum Gasteiger partial charge on any atom is -0.504 e. The molecule has 1 aromatic rings. The summed E-state index contributed by atoms with van der Waals surface area (Å²) in [6.45, 7) is 0. The Balaban J connectivity index is 2.51. The monoisotopic (exact) mass is 270 g/mol. The lowest BCUT2D eigenvalue weighted by Crippen LogP contribution is -2.11. The number of hydrogen-bond acceptors (Lipinski definition) is 4. The van der Waals surface area contributed by atoms with Crippen LogP contribution < -0.4 is 4.74 Å². The van der Waals surface area contributed by atoms with Crippen molar-refractivity contribution in [2.24, 2.45) is 5.92 Å². The number of phenolic OH excluding ortho intramolecular Hbond substituents is 2. The third-order valence-electron chi connectivity index (χ3n) is 3.39. The van der Waals surface area contributed by atoms with E-state index in [4.69, 9.17) is 9.84 Å². The van der Waals surface area contributed by atoms with Crippen molar-refractivity contribution in [1.82, 2.24) is 0 Å². The predicted molar refractivity (Wildman–Crippen MR) is 64.0 cm³/mol. The van der Waals surface area contributed by atoms with Crippen LogP contribution in [0.25, 0.3) is 0 Å². The number of aromatic hydroxyl groups is 2. The van der Waals surface area contributed by atoms with Crippen LogP contribution in [0.5, 0.6) is 17.2 Å². The van der Waals surface area contributed by atoms with Gasteiger partial charge >= 0.3 is 5.97 Å². The Bertz CT molecular complexity index is 510. The number of hydrogen-bond donors (Lipinski definition) is 3. The molecule has 104 valence electrons. The summed E-state index contributed by atoms with van der Waals surface area (Å²) >= 11 is 0. The lowest BCUT2D eigenvalue weighted by Gasteiger charge is -2.19. The van der Waals surface area contributed by atoms with Gasteiger partial charge in [-0.05, 0) is 18.8 Å². The van der Waals surface area contributed by atoms with E-state index in [0.717, 1.165) is 18.9 Å². The number of phenols is 2. The normalized spacial score (nSPS) is 16.1. The summed E-state index contributed by atoms with van der Waals surface area (Å²) in [6, 6.07) is 0.971. The van der Waals surface area contributed by atoms with Crippen molar-refractivity contribution in [3.8, 4) is 17.2 Å². The molecule has 6 heteroatoms. The Morgan fingerprint density at radius 1 is 1.53 bits per heavy atom. The highest BCUT2D eigenvalue weighted by Crippen LogP contribution is 2.51. The summed E-state index contributed by atoms with van der Waals surface area (Å²) in [5.41, 5.74) is -0.165. The van der Waals surface area contributed by atoms with Crippen molar-refractivity contribution < 1.29 is 29.2 Å². The number of benzene rings is 1. The number of carboxylic acid groups (broad SMARTS) is 1. The van der Waals surface area contributed by atoms with E-state index in [1.165, 1.54) is 7.11 Å². The predicted octanol–water partition coefficient (Wildman–Crippen LogP) is 2.21. The van der Waals surface area contributed by atoms with Crippen LogP contribution in [0.1, 0.15) is 30.7 Å². The highest BCUT2D eigenvalue weighted by Gasteiger charge is 2.38. The van der Waals surface area contributed by atoms with Crippen molar-refractivity contribution in [3.63, 3.8) is 0 Å². The molecule has 0 bridgehead atoms. The first-order valence-electron chi connectivity index (χ1n) is 5.95. The van der Waals surface area contributed by atoms with Crippen molar-refractivity contribution in [1.29, 1.82) is 0 Å². The molecular formula is C13H15FO5. The van der Waals surface area contributed by atoms with Crippen molar-refractivity contribution in [2.75, 3.05) is 7.11 Å². The van der Waals surface area contributed by atoms with E-state index in [2.05, 4.69) is 0 Å². The van der Waals surface area contributed by atoms with Gasteiger partial charge in [-0.2, -0.15) is 0 Å². The van der Waals surface area contributed by atoms with Crippen LogP contribution in [0, 0.1) is 11.7 Å². The maximum Gasteiger partial charge on any atom is 0.303 e. The number of carboxylic acids is 1. The fraction of sp³-hybridized carbons (Fsp3) is 0.462. The zero-order valence-electron chi connectivity index (χ0n) is 10.4. The molecule has 1 saturated carbocycles. The van der Waals surface area contributed by atoms with E-state index in [1.807, 2.05) is 0 Å². The second-order valence-electron chi connectivity index (χ2n) is 4.72. The Hall–Kier alpha value is -1.98. The molecule has 0 saturated heterocycles. The van der Waals surface area contributed by atoms with Gasteiger partial charge < -0.3 is 20.1 Å². The minimum atomic E-state index is -1.07. The molecular weight excluding hydrogens is 255 g/mol. The van der Waals surface area contributed by atoms with Crippen molar-refractivity contribution >= 4 is 5.97 Å². The first-order valence-corrected chi connectivity index (χ1v) is 5.95. The van der Waals surface area contributed by atoms with E-state index in [9.17, 15) is 19.4 Å². The summed E-state index contributed by atoms with van der Waals surface area (Å²) in [6.07, 6.45) is 1.28. The molecule has 1 atom stereocenters. The summed E-state index contributed by atoms with van der Waals surface area (Å²) in [7, 11) is 1.24. The fourth-order valence-electron chi connectivity index (χ4n) is 2.31. The fourth-order valence-corrected chi connectivity index (χ4v) is 2.31. The summed E-state index contributed by atoms with van der Waals surface area (Å²) < 4.78 is 19.0. The molecule has 0 heterocycles.